The Morgan fingerprint density at radius 3 is 2.81 bits per heavy atom. The molecule has 0 heterocycles. The average molecular weight is 467 g/mol. The molecule has 2 rings (SSSR count). The minimum atomic E-state index is -0.783. The van der Waals surface area contributed by atoms with Crippen molar-refractivity contribution in [2.45, 2.75) is 6.92 Å². The molecule has 0 saturated carbocycles. The summed E-state index contributed by atoms with van der Waals surface area (Å²) in [6, 6.07) is 8.93. The SMILES string of the molecule is CCOc1cc(/C=N\NC(=O)c2ccc(C#N)cc2F)cc(I)c1OC. The van der Waals surface area contributed by atoms with Crippen LogP contribution in [0.3, 0.4) is 0 Å². The average Bonchev–Trinajstić information content (AvgIpc) is 2.61. The molecule has 1 amide bonds. The van der Waals surface area contributed by atoms with Gasteiger partial charge in [0, 0.05) is 0 Å². The lowest BCUT2D eigenvalue weighted by molar-refractivity contribution is 0.0951. The number of hydrazone groups is 1. The second kappa shape index (κ2) is 9.15. The summed E-state index contributed by atoms with van der Waals surface area (Å²) in [7, 11) is 1.56. The van der Waals surface area contributed by atoms with E-state index in [0.29, 0.717) is 23.7 Å². The second-order valence-corrected chi connectivity index (χ2v) is 6.13. The van der Waals surface area contributed by atoms with Crippen LogP contribution in [-0.4, -0.2) is 25.8 Å². The fraction of sp³-hybridized carbons (Fsp3) is 0.167. The van der Waals surface area contributed by atoms with Crippen LogP contribution in [-0.2, 0) is 0 Å². The smallest absolute Gasteiger partial charge is 0.274 e. The van der Waals surface area contributed by atoms with Crippen molar-refractivity contribution < 1.29 is 18.7 Å². The minimum Gasteiger partial charge on any atom is -0.492 e. The Kier molecular flexibility index (Phi) is 6.91. The number of carbonyl (C=O) groups is 1. The maximum Gasteiger partial charge on any atom is 0.274 e. The maximum atomic E-state index is 13.8. The number of halogens is 2. The Hall–Kier alpha value is -2.67. The second-order valence-electron chi connectivity index (χ2n) is 4.97. The van der Waals surface area contributed by atoms with Crippen molar-refractivity contribution in [1.82, 2.24) is 5.43 Å². The van der Waals surface area contributed by atoms with E-state index in [1.54, 1.807) is 25.3 Å². The van der Waals surface area contributed by atoms with E-state index in [4.69, 9.17) is 14.7 Å². The monoisotopic (exact) mass is 467 g/mol. The Morgan fingerprint density at radius 1 is 1.42 bits per heavy atom. The van der Waals surface area contributed by atoms with Crippen molar-refractivity contribution in [3.8, 4) is 17.6 Å². The van der Waals surface area contributed by atoms with E-state index in [1.807, 2.05) is 6.92 Å². The maximum absolute atomic E-state index is 13.8. The van der Waals surface area contributed by atoms with Crippen LogP contribution in [0.2, 0.25) is 0 Å². The predicted octanol–water partition coefficient (Wildman–Crippen LogP) is 3.47. The first-order chi connectivity index (χ1) is 12.5. The van der Waals surface area contributed by atoms with E-state index in [-0.39, 0.29) is 11.1 Å². The number of rotatable bonds is 6. The molecule has 2 aromatic carbocycles. The first-order valence-electron chi connectivity index (χ1n) is 7.53. The van der Waals surface area contributed by atoms with Gasteiger partial charge in [-0.15, -0.1) is 0 Å². The molecule has 0 aliphatic carbocycles. The van der Waals surface area contributed by atoms with E-state index >= 15 is 0 Å². The van der Waals surface area contributed by atoms with Gasteiger partial charge >= 0.3 is 0 Å². The zero-order chi connectivity index (χ0) is 19.1. The van der Waals surface area contributed by atoms with Gasteiger partial charge in [-0.1, -0.05) is 0 Å². The zero-order valence-electron chi connectivity index (χ0n) is 14.0. The van der Waals surface area contributed by atoms with E-state index in [0.717, 1.165) is 9.64 Å². The normalized spacial score (nSPS) is 10.4. The first kappa shape index (κ1) is 19.7. The van der Waals surface area contributed by atoms with Gasteiger partial charge < -0.3 is 9.47 Å². The molecule has 1 N–H and O–H groups in total. The lowest BCUT2D eigenvalue weighted by atomic mass is 10.1. The number of nitrogens with zero attached hydrogens (tertiary/aromatic N) is 2. The van der Waals surface area contributed by atoms with E-state index in [1.165, 1.54) is 18.3 Å². The Bertz CT molecular complexity index is 894. The number of nitriles is 1. The summed E-state index contributed by atoms with van der Waals surface area (Å²) >= 11 is 2.11. The Labute approximate surface area is 163 Å². The highest BCUT2D eigenvalue weighted by atomic mass is 127. The molecule has 0 bridgehead atoms. The van der Waals surface area contributed by atoms with Crippen LogP contribution in [0.5, 0.6) is 11.5 Å². The number of hydrogen-bond acceptors (Lipinski definition) is 5. The van der Waals surface area contributed by atoms with Gasteiger partial charge in [-0.05, 0) is 65.4 Å². The van der Waals surface area contributed by atoms with Crippen molar-refractivity contribution in [1.29, 1.82) is 5.26 Å². The molecule has 8 heteroatoms. The first-order valence-corrected chi connectivity index (χ1v) is 8.61. The van der Waals surface area contributed by atoms with Crippen molar-refractivity contribution in [3.63, 3.8) is 0 Å². The predicted molar refractivity (Wildman–Crippen MR) is 103 cm³/mol. The molecule has 6 nitrogen and oxygen atoms in total. The number of carbonyl (C=O) groups excluding carboxylic acids is 1. The number of nitrogens with one attached hydrogen (secondary N) is 1. The van der Waals surface area contributed by atoms with Gasteiger partial charge in [0.2, 0.25) is 0 Å². The summed E-state index contributed by atoms with van der Waals surface area (Å²) in [6.07, 6.45) is 1.42. The van der Waals surface area contributed by atoms with Crippen LogP contribution >= 0.6 is 22.6 Å². The van der Waals surface area contributed by atoms with Crippen LogP contribution in [0.15, 0.2) is 35.4 Å². The molecule has 0 aromatic heterocycles. The van der Waals surface area contributed by atoms with E-state index < -0.39 is 11.7 Å². The number of benzene rings is 2. The van der Waals surface area contributed by atoms with Crippen molar-refractivity contribution in [2.24, 2.45) is 5.10 Å². The fourth-order valence-electron chi connectivity index (χ4n) is 2.12. The van der Waals surface area contributed by atoms with Crippen molar-refractivity contribution in [2.75, 3.05) is 13.7 Å². The highest BCUT2D eigenvalue weighted by molar-refractivity contribution is 14.1. The van der Waals surface area contributed by atoms with Crippen molar-refractivity contribution >= 4 is 34.7 Å². The Balaban J connectivity index is 2.15. The minimum absolute atomic E-state index is 0.138. The zero-order valence-corrected chi connectivity index (χ0v) is 16.2. The quantitative estimate of drug-likeness (QED) is 0.401. The lowest BCUT2D eigenvalue weighted by Gasteiger charge is -2.11. The largest absolute Gasteiger partial charge is 0.492 e. The van der Waals surface area contributed by atoms with Crippen LogP contribution in [0.25, 0.3) is 0 Å². The van der Waals surface area contributed by atoms with Gasteiger partial charge in [-0.2, -0.15) is 10.4 Å². The van der Waals surface area contributed by atoms with Crippen molar-refractivity contribution in [3.05, 3.63) is 56.4 Å². The van der Waals surface area contributed by atoms with Gasteiger partial charge in [-0.3, -0.25) is 4.79 Å². The van der Waals surface area contributed by atoms with Gasteiger partial charge in [0.15, 0.2) is 11.5 Å². The topological polar surface area (TPSA) is 83.7 Å². The number of amides is 1. The standard InChI is InChI=1S/C18H15FIN3O3/c1-3-26-16-8-12(7-15(20)17(16)25-2)10-22-23-18(24)13-5-4-11(9-21)6-14(13)19/h4-8,10H,3H2,1-2H3,(H,23,24)/b22-10-. The molecule has 0 fully saturated rings. The molecular weight excluding hydrogens is 452 g/mol. The summed E-state index contributed by atoms with van der Waals surface area (Å²) in [5.41, 5.74) is 2.88. The highest BCUT2D eigenvalue weighted by Crippen LogP contribution is 2.33. The molecule has 0 unspecified atom stereocenters. The molecule has 0 aliphatic rings. The lowest BCUT2D eigenvalue weighted by Crippen LogP contribution is -2.19. The van der Waals surface area contributed by atoms with Crippen LogP contribution < -0.4 is 14.9 Å². The van der Waals surface area contributed by atoms with Gasteiger partial charge in [0.1, 0.15) is 5.82 Å². The molecular formula is C18H15FIN3O3. The summed E-state index contributed by atoms with van der Waals surface area (Å²) in [5, 5.41) is 12.6. The highest BCUT2D eigenvalue weighted by Gasteiger charge is 2.12. The third-order valence-electron chi connectivity index (χ3n) is 3.26. The Morgan fingerprint density at radius 2 is 2.19 bits per heavy atom. The van der Waals surface area contributed by atoms with Gasteiger partial charge in [-0.25, -0.2) is 9.82 Å². The number of hydrogen-bond donors (Lipinski definition) is 1. The molecule has 2 aromatic rings. The van der Waals surface area contributed by atoms with Gasteiger partial charge in [0.05, 0.1) is 40.7 Å². The number of ether oxygens (including phenoxy) is 2. The molecule has 0 saturated heterocycles. The molecule has 0 atom stereocenters. The van der Waals surface area contributed by atoms with E-state index in [9.17, 15) is 9.18 Å². The third kappa shape index (κ3) is 4.70. The van der Waals surface area contributed by atoms with E-state index in [2.05, 4.69) is 33.1 Å². The summed E-state index contributed by atoms with van der Waals surface area (Å²) < 4.78 is 25.5. The summed E-state index contributed by atoms with van der Waals surface area (Å²) in [5.74, 6) is -0.313. The molecule has 0 spiro atoms. The number of methoxy groups -OCH3 is 1. The third-order valence-corrected chi connectivity index (χ3v) is 4.06. The fourth-order valence-corrected chi connectivity index (χ4v) is 2.96. The summed E-state index contributed by atoms with van der Waals surface area (Å²) in [6.45, 7) is 2.33. The molecule has 0 radical (unpaired) electrons. The van der Waals surface area contributed by atoms with Gasteiger partial charge in [0.25, 0.3) is 5.91 Å². The molecule has 26 heavy (non-hydrogen) atoms. The summed E-state index contributed by atoms with van der Waals surface area (Å²) in [4.78, 5) is 12.0. The van der Waals surface area contributed by atoms with Crippen LogP contribution in [0.1, 0.15) is 28.4 Å². The molecule has 0 aliphatic heterocycles. The van der Waals surface area contributed by atoms with Crippen LogP contribution in [0, 0.1) is 20.7 Å². The molecule has 134 valence electrons. The van der Waals surface area contributed by atoms with Crippen LogP contribution in [0.4, 0.5) is 4.39 Å².